The van der Waals surface area contributed by atoms with Crippen LogP contribution >= 0.6 is 0 Å². The Morgan fingerprint density at radius 1 is 1.03 bits per heavy atom. The van der Waals surface area contributed by atoms with Crippen LogP contribution in [0.4, 0.5) is 4.79 Å². The first-order valence-electron chi connectivity index (χ1n) is 11.5. The van der Waals surface area contributed by atoms with E-state index in [4.69, 9.17) is 4.74 Å². The molecule has 1 aliphatic carbocycles. The lowest BCUT2D eigenvalue weighted by Crippen LogP contribution is -2.50. The number of alkyl carbamates (subject to hydrolysis) is 1. The van der Waals surface area contributed by atoms with Crippen LogP contribution in [0.15, 0.2) is 96.6 Å². The Kier molecular flexibility index (Phi) is 9.67. The van der Waals surface area contributed by atoms with E-state index in [1.807, 2.05) is 91.0 Å². The van der Waals surface area contributed by atoms with Gasteiger partial charge in [0.15, 0.2) is 0 Å². The number of allylic oxidation sites excluding steroid dienone is 4. The quantitative estimate of drug-likeness (QED) is 0.558. The Labute approximate surface area is 201 Å². The van der Waals surface area contributed by atoms with Crippen molar-refractivity contribution in [3.63, 3.8) is 0 Å². The highest BCUT2D eigenvalue weighted by Crippen LogP contribution is 2.12. The largest absolute Gasteiger partial charge is 0.445 e. The molecule has 0 unspecified atom stereocenters. The fraction of sp³-hybridized carbons (Fsp3) is 0.286. The van der Waals surface area contributed by atoms with Crippen molar-refractivity contribution in [1.29, 1.82) is 0 Å². The number of carbonyl (C=O) groups excluding carboxylic acids is 2. The minimum atomic E-state index is -0.985. The van der Waals surface area contributed by atoms with E-state index in [-0.39, 0.29) is 19.1 Å². The van der Waals surface area contributed by atoms with E-state index >= 15 is 0 Å². The summed E-state index contributed by atoms with van der Waals surface area (Å²) in [7, 11) is 0. The van der Waals surface area contributed by atoms with Gasteiger partial charge in [0.2, 0.25) is 5.91 Å². The maximum atomic E-state index is 12.6. The number of carbonyl (C=O) groups is 2. The predicted octanol–water partition coefficient (Wildman–Crippen LogP) is 4.18. The summed E-state index contributed by atoms with van der Waals surface area (Å²) in [6.07, 6.45) is 9.37. The maximum absolute atomic E-state index is 12.6. The third-order valence-electron chi connectivity index (χ3n) is 5.58. The Hall–Kier alpha value is -3.64. The van der Waals surface area contributed by atoms with Gasteiger partial charge >= 0.3 is 6.09 Å². The molecule has 0 heterocycles. The zero-order valence-corrected chi connectivity index (χ0v) is 19.5. The van der Waals surface area contributed by atoms with Crippen LogP contribution in [0.2, 0.25) is 0 Å². The second-order valence-corrected chi connectivity index (χ2v) is 8.27. The van der Waals surface area contributed by atoms with Crippen LogP contribution in [0.1, 0.15) is 24.5 Å². The van der Waals surface area contributed by atoms with Gasteiger partial charge in [-0.25, -0.2) is 4.79 Å². The number of hydrogen-bond donors (Lipinski definition) is 2. The summed E-state index contributed by atoms with van der Waals surface area (Å²) in [5.74, 6) is -0.148. The lowest BCUT2D eigenvalue weighted by Gasteiger charge is -2.29. The molecule has 2 atom stereocenters. The minimum absolute atomic E-state index is 0.0849. The second kappa shape index (κ2) is 13.2. The van der Waals surface area contributed by atoms with Crippen LogP contribution in [0.25, 0.3) is 0 Å². The number of ether oxygens (including phenoxy) is 1. The molecule has 0 fully saturated rings. The van der Waals surface area contributed by atoms with Crippen molar-refractivity contribution in [2.24, 2.45) is 0 Å². The van der Waals surface area contributed by atoms with Crippen molar-refractivity contribution >= 4 is 12.0 Å². The molecule has 0 aliphatic heterocycles. The molecule has 2 aromatic rings. The summed E-state index contributed by atoms with van der Waals surface area (Å²) in [6, 6.07) is 18.6. The molecule has 34 heavy (non-hydrogen) atoms. The highest BCUT2D eigenvalue weighted by atomic mass is 16.5. The predicted molar refractivity (Wildman–Crippen MR) is 133 cm³/mol. The van der Waals surface area contributed by atoms with E-state index in [9.17, 15) is 14.7 Å². The molecular weight excluding hydrogens is 428 g/mol. The molecule has 6 heteroatoms. The average Bonchev–Trinajstić information content (AvgIpc) is 3.12. The molecule has 0 saturated carbocycles. The van der Waals surface area contributed by atoms with Gasteiger partial charge in [-0.3, -0.25) is 4.79 Å². The normalized spacial score (nSPS) is 14.5. The molecule has 0 aromatic heterocycles. The molecule has 178 valence electrons. The molecule has 0 saturated heterocycles. The summed E-state index contributed by atoms with van der Waals surface area (Å²) < 4.78 is 5.41. The van der Waals surface area contributed by atoms with Crippen molar-refractivity contribution in [3.05, 3.63) is 108 Å². The third kappa shape index (κ3) is 8.37. The van der Waals surface area contributed by atoms with E-state index in [2.05, 4.69) is 5.32 Å². The highest BCUT2D eigenvalue weighted by molar-refractivity contribution is 5.73. The van der Waals surface area contributed by atoms with E-state index in [0.29, 0.717) is 13.0 Å². The van der Waals surface area contributed by atoms with Gasteiger partial charge in [0, 0.05) is 20.0 Å². The lowest BCUT2D eigenvalue weighted by molar-refractivity contribution is -0.131. The van der Waals surface area contributed by atoms with Crippen molar-refractivity contribution < 1.29 is 19.4 Å². The topological polar surface area (TPSA) is 78.9 Å². The van der Waals surface area contributed by atoms with Gasteiger partial charge in [-0.1, -0.05) is 91.0 Å². The third-order valence-corrected chi connectivity index (χ3v) is 5.58. The second-order valence-electron chi connectivity index (χ2n) is 8.27. The first-order valence-corrected chi connectivity index (χ1v) is 11.5. The summed E-state index contributed by atoms with van der Waals surface area (Å²) in [5.41, 5.74) is 2.84. The zero-order chi connectivity index (χ0) is 24.2. The summed E-state index contributed by atoms with van der Waals surface area (Å²) >= 11 is 0. The van der Waals surface area contributed by atoms with Gasteiger partial charge in [-0.15, -0.1) is 0 Å². The molecule has 2 aromatic carbocycles. The average molecular weight is 461 g/mol. The lowest BCUT2D eigenvalue weighted by atomic mass is 10.0. The van der Waals surface area contributed by atoms with Gasteiger partial charge in [0.1, 0.15) is 6.61 Å². The number of rotatable bonds is 10. The van der Waals surface area contributed by atoms with Crippen LogP contribution in [0.3, 0.4) is 0 Å². The summed E-state index contributed by atoms with van der Waals surface area (Å²) in [5, 5.41) is 13.9. The van der Waals surface area contributed by atoms with E-state index in [0.717, 1.165) is 23.1 Å². The molecule has 6 nitrogen and oxygen atoms in total. The van der Waals surface area contributed by atoms with Crippen molar-refractivity contribution in [2.45, 2.75) is 38.5 Å². The van der Waals surface area contributed by atoms with Crippen molar-refractivity contribution in [1.82, 2.24) is 10.2 Å². The van der Waals surface area contributed by atoms with Crippen molar-refractivity contribution in [3.8, 4) is 0 Å². The van der Waals surface area contributed by atoms with Crippen LogP contribution in [0, 0.1) is 0 Å². The molecule has 3 rings (SSSR count). The minimum Gasteiger partial charge on any atom is -0.445 e. The summed E-state index contributed by atoms with van der Waals surface area (Å²) in [4.78, 5) is 26.5. The van der Waals surface area contributed by atoms with Crippen LogP contribution in [0.5, 0.6) is 0 Å². The standard InChI is InChI=1S/C28H32N2O4/c1-22(31)30(19-24-14-10-5-11-15-24)20-27(32)26(18-23-12-8-4-9-13-23)29-28(33)34-21-25-16-6-2-3-7-17-25/h2-6,8-17,26-27,32H,7,18-21H2,1H3,(H,29,33)/t26-,27+/m0/s1. The monoisotopic (exact) mass is 460 g/mol. The fourth-order valence-corrected chi connectivity index (χ4v) is 3.69. The Bertz CT molecular complexity index is 1020. The van der Waals surface area contributed by atoms with Gasteiger partial charge in [-0.05, 0) is 29.5 Å². The molecule has 2 N–H and O–H groups in total. The Morgan fingerprint density at radius 3 is 2.38 bits per heavy atom. The number of amides is 2. The van der Waals surface area contributed by atoms with Crippen LogP contribution in [-0.2, 0) is 22.5 Å². The van der Waals surface area contributed by atoms with E-state index in [1.165, 1.54) is 6.92 Å². The summed E-state index contributed by atoms with van der Waals surface area (Å²) in [6.45, 7) is 2.09. The first kappa shape index (κ1) is 25.0. The molecule has 0 bridgehead atoms. The number of aliphatic hydroxyl groups is 1. The number of aliphatic hydroxyl groups excluding tert-OH is 1. The van der Waals surface area contributed by atoms with Gasteiger partial charge in [0.25, 0.3) is 0 Å². The number of hydrogen-bond acceptors (Lipinski definition) is 4. The number of nitrogens with zero attached hydrogens (tertiary/aromatic N) is 1. The maximum Gasteiger partial charge on any atom is 0.407 e. The van der Waals surface area contributed by atoms with Gasteiger partial charge in [-0.2, -0.15) is 0 Å². The van der Waals surface area contributed by atoms with Crippen LogP contribution in [-0.4, -0.2) is 47.3 Å². The molecule has 2 amide bonds. The first-order chi connectivity index (χ1) is 16.5. The molecule has 0 radical (unpaired) electrons. The Morgan fingerprint density at radius 2 is 1.71 bits per heavy atom. The SMILES string of the molecule is CC(=O)N(Cc1ccccc1)C[C@@H](O)[C@H](Cc1ccccc1)NC(=O)OCC1=CCC=CC=C1. The smallest absolute Gasteiger partial charge is 0.407 e. The molecule has 1 aliphatic rings. The van der Waals surface area contributed by atoms with Crippen molar-refractivity contribution in [2.75, 3.05) is 13.2 Å². The zero-order valence-electron chi connectivity index (χ0n) is 19.5. The van der Waals surface area contributed by atoms with Gasteiger partial charge in [0.05, 0.1) is 12.1 Å². The molecular formula is C28H32N2O4. The fourth-order valence-electron chi connectivity index (χ4n) is 3.69. The highest BCUT2D eigenvalue weighted by Gasteiger charge is 2.26. The Balaban J connectivity index is 1.66. The van der Waals surface area contributed by atoms with E-state index in [1.54, 1.807) is 4.90 Å². The number of nitrogens with one attached hydrogen (secondary N) is 1. The van der Waals surface area contributed by atoms with Crippen LogP contribution < -0.4 is 5.32 Å². The molecule has 0 spiro atoms. The van der Waals surface area contributed by atoms with E-state index < -0.39 is 18.2 Å². The number of benzene rings is 2. The van der Waals surface area contributed by atoms with Gasteiger partial charge < -0.3 is 20.1 Å².